The number of ether oxygens (including phenoxy) is 1. The van der Waals surface area contributed by atoms with Gasteiger partial charge in [-0.2, -0.15) is 5.10 Å². The highest BCUT2D eigenvalue weighted by Gasteiger charge is 2.14. The Morgan fingerprint density at radius 3 is 2.82 bits per heavy atom. The predicted molar refractivity (Wildman–Crippen MR) is 102 cm³/mol. The van der Waals surface area contributed by atoms with Crippen LogP contribution in [0.5, 0.6) is 0 Å². The zero-order valence-electron chi connectivity index (χ0n) is 15.1. The summed E-state index contributed by atoms with van der Waals surface area (Å²) in [6.07, 6.45) is 0. The Hall–Kier alpha value is -3.33. The molecular formula is C19H19F2N5O2. The molecule has 0 saturated heterocycles. The molecule has 0 unspecified atom stereocenters. The van der Waals surface area contributed by atoms with E-state index in [-0.39, 0.29) is 18.1 Å². The largest absolute Gasteiger partial charge is 0.380 e. The second kappa shape index (κ2) is 9.05. The molecule has 0 saturated carbocycles. The minimum absolute atomic E-state index is 0.0369. The van der Waals surface area contributed by atoms with Crippen molar-refractivity contribution in [2.45, 2.75) is 6.92 Å². The number of anilines is 1. The van der Waals surface area contributed by atoms with Gasteiger partial charge in [-0.25, -0.2) is 8.78 Å². The number of aromatic nitrogens is 2. The number of rotatable bonds is 6. The number of halogens is 2. The van der Waals surface area contributed by atoms with Crippen molar-refractivity contribution >= 4 is 28.6 Å². The van der Waals surface area contributed by atoms with Crippen molar-refractivity contribution < 1.29 is 18.3 Å². The molecule has 0 aliphatic rings. The first-order valence-corrected chi connectivity index (χ1v) is 8.67. The molecular weight excluding hydrogens is 368 g/mol. The Bertz CT molecular complexity index is 1000. The maximum atomic E-state index is 13.4. The SMILES string of the molecule is CCOCCN=C(NC(=O)c1ccc(F)c(F)c1)Nc1n[nH]c2ccccc12. The Balaban J connectivity index is 1.80. The smallest absolute Gasteiger partial charge is 0.258 e. The van der Waals surface area contributed by atoms with E-state index in [9.17, 15) is 13.6 Å². The average molecular weight is 387 g/mol. The van der Waals surface area contributed by atoms with Crippen molar-refractivity contribution in [2.24, 2.45) is 4.99 Å². The van der Waals surface area contributed by atoms with Crippen molar-refractivity contribution in [1.29, 1.82) is 0 Å². The number of carbonyl (C=O) groups is 1. The summed E-state index contributed by atoms with van der Waals surface area (Å²) in [7, 11) is 0. The number of nitrogens with one attached hydrogen (secondary N) is 3. The molecule has 2 aromatic carbocycles. The molecule has 1 aromatic heterocycles. The van der Waals surface area contributed by atoms with Crippen LogP contribution in [0, 0.1) is 11.6 Å². The molecule has 9 heteroatoms. The number of amides is 1. The highest BCUT2D eigenvalue weighted by Crippen LogP contribution is 2.19. The third-order valence-electron chi connectivity index (χ3n) is 3.83. The lowest BCUT2D eigenvalue weighted by atomic mass is 10.2. The molecule has 0 bridgehead atoms. The molecule has 0 radical (unpaired) electrons. The van der Waals surface area contributed by atoms with Crippen molar-refractivity contribution in [1.82, 2.24) is 15.5 Å². The van der Waals surface area contributed by atoms with Crippen molar-refractivity contribution in [3.8, 4) is 0 Å². The van der Waals surface area contributed by atoms with Gasteiger partial charge in [0.05, 0.1) is 18.7 Å². The van der Waals surface area contributed by atoms with Crippen LogP contribution < -0.4 is 10.6 Å². The number of fused-ring (bicyclic) bond motifs is 1. The van der Waals surface area contributed by atoms with Gasteiger partial charge in [0, 0.05) is 17.6 Å². The summed E-state index contributed by atoms with van der Waals surface area (Å²) in [5, 5.41) is 13.4. The van der Waals surface area contributed by atoms with Crippen LogP contribution in [0.25, 0.3) is 10.9 Å². The van der Waals surface area contributed by atoms with Crippen LogP contribution in [0.1, 0.15) is 17.3 Å². The van der Waals surface area contributed by atoms with Crippen molar-refractivity contribution in [3.63, 3.8) is 0 Å². The van der Waals surface area contributed by atoms with Gasteiger partial charge in [-0.1, -0.05) is 12.1 Å². The lowest BCUT2D eigenvalue weighted by molar-refractivity contribution is 0.0976. The van der Waals surface area contributed by atoms with Crippen molar-refractivity contribution in [2.75, 3.05) is 25.1 Å². The molecule has 0 aliphatic heterocycles. The summed E-state index contributed by atoms with van der Waals surface area (Å²) >= 11 is 0. The first kappa shape index (κ1) is 19.4. The number of aromatic amines is 1. The minimum Gasteiger partial charge on any atom is -0.380 e. The van der Waals surface area contributed by atoms with E-state index in [0.29, 0.717) is 19.0 Å². The van der Waals surface area contributed by atoms with Crippen molar-refractivity contribution in [3.05, 3.63) is 59.7 Å². The Morgan fingerprint density at radius 1 is 1.21 bits per heavy atom. The van der Waals surface area contributed by atoms with E-state index in [0.717, 1.165) is 23.0 Å². The maximum Gasteiger partial charge on any atom is 0.258 e. The highest BCUT2D eigenvalue weighted by molar-refractivity contribution is 6.11. The molecule has 28 heavy (non-hydrogen) atoms. The van der Waals surface area contributed by atoms with Crippen LogP contribution in [-0.2, 0) is 4.74 Å². The minimum atomic E-state index is -1.10. The van der Waals surface area contributed by atoms with Gasteiger partial charge < -0.3 is 10.1 Å². The van der Waals surface area contributed by atoms with Crippen LogP contribution in [0.2, 0.25) is 0 Å². The van der Waals surface area contributed by atoms with Gasteiger partial charge in [0.15, 0.2) is 17.5 Å². The lowest BCUT2D eigenvalue weighted by Crippen LogP contribution is -2.36. The number of nitrogens with zero attached hydrogens (tertiary/aromatic N) is 2. The molecule has 0 fully saturated rings. The van der Waals surface area contributed by atoms with Crippen LogP contribution in [-0.4, -0.2) is 41.8 Å². The highest BCUT2D eigenvalue weighted by atomic mass is 19.2. The van der Waals surface area contributed by atoms with Gasteiger partial charge >= 0.3 is 0 Å². The van der Waals surface area contributed by atoms with E-state index in [1.165, 1.54) is 6.07 Å². The second-order valence-electron chi connectivity index (χ2n) is 5.75. The second-order valence-corrected chi connectivity index (χ2v) is 5.75. The monoisotopic (exact) mass is 387 g/mol. The summed E-state index contributed by atoms with van der Waals surface area (Å²) < 4.78 is 31.8. The van der Waals surface area contributed by atoms with Gasteiger partial charge in [-0.05, 0) is 37.3 Å². The van der Waals surface area contributed by atoms with Crippen LogP contribution in [0.4, 0.5) is 14.6 Å². The number of hydrogen-bond acceptors (Lipinski definition) is 4. The van der Waals surface area contributed by atoms with E-state index in [2.05, 4.69) is 25.8 Å². The summed E-state index contributed by atoms with van der Waals surface area (Å²) in [5.74, 6) is -2.18. The topological polar surface area (TPSA) is 91.4 Å². The fourth-order valence-corrected chi connectivity index (χ4v) is 2.46. The summed E-state index contributed by atoms with van der Waals surface area (Å²) in [5.41, 5.74) is 0.774. The molecule has 0 aliphatic carbocycles. The number of carbonyl (C=O) groups excluding carboxylic acids is 1. The van der Waals surface area contributed by atoms with Crippen LogP contribution in [0.15, 0.2) is 47.5 Å². The van der Waals surface area contributed by atoms with Gasteiger partial charge in [0.2, 0.25) is 5.96 Å². The van der Waals surface area contributed by atoms with Gasteiger partial charge in [0.1, 0.15) is 0 Å². The summed E-state index contributed by atoms with van der Waals surface area (Å²) in [6.45, 7) is 3.06. The maximum absolute atomic E-state index is 13.4. The van der Waals surface area contributed by atoms with Crippen LogP contribution in [0.3, 0.4) is 0 Å². The quantitative estimate of drug-likeness (QED) is 0.344. The molecule has 0 atom stereocenters. The Morgan fingerprint density at radius 2 is 2.04 bits per heavy atom. The third kappa shape index (κ3) is 4.68. The molecule has 1 amide bonds. The first-order valence-electron chi connectivity index (χ1n) is 8.67. The zero-order valence-corrected chi connectivity index (χ0v) is 15.1. The molecule has 146 valence electrons. The fraction of sp³-hybridized carbons (Fsp3) is 0.211. The fourth-order valence-electron chi connectivity index (χ4n) is 2.46. The van der Waals surface area contributed by atoms with E-state index in [4.69, 9.17) is 4.74 Å². The number of benzene rings is 2. The average Bonchev–Trinajstić information content (AvgIpc) is 3.10. The van der Waals surface area contributed by atoms with E-state index in [1.807, 2.05) is 31.2 Å². The van der Waals surface area contributed by atoms with Gasteiger partial charge in [-0.3, -0.25) is 20.2 Å². The third-order valence-corrected chi connectivity index (χ3v) is 3.83. The number of hydrogen-bond donors (Lipinski definition) is 3. The van der Waals surface area contributed by atoms with E-state index in [1.54, 1.807) is 0 Å². The Labute approximate surface area is 159 Å². The number of aliphatic imine (C=N–C) groups is 1. The standard InChI is InChI=1S/C19H19F2N5O2/c1-2-28-10-9-22-19(23-17-13-5-3-4-6-16(13)25-26-17)24-18(27)12-7-8-14(20)15(21)11-12/h3-8,11H,2,9-10H2,1H3,(H3,22,23,24,25,26,27). The summed E-state index contributed by atoms with van der Waals surface area (Å²) in [4.78, 5) is 16.7. The van der Waals surface area contributed by atoms with Gasteiger partial charge in [-0.15, -0.1) is 0 Å². The zero-order chi connectivity index (χ0) is 19.9. The first-order chi connectivity index (χ1) is 13.6. The molecule has 3 aromatic rings. The molecule has 7 nitrogen and oxygen atoms in total. The lowest BCUT2D eigenvalue weighted by Gasteiger charge is -2.11. The van der Waals surface area contributed by atoms with E-state index < -0.39 is 17.5 Å². The normalized spacial score (nSPS) is 11.6. The molecule has 1 heterocycles. The number of para-hydroxylation sites is 1. The number of H-pyrrole nitrogens is 1. The molecule has 0 spiro atoms. The van der Waals surface area contributed by atoms with Gasteiger partial charge in [0.25, 0.3) is 5.91 Å². The predicted octanol–water partition coefficient (Wildman–Crippen LogP) is 3.08. The Kier molecular flexibility index (Phi) is 6.28. The number of guanidine groups is 1. The molecule has 3 N–H and O–H groups in total. The van der Waals surface area contributed by atoms with Crippen LogP contribution >= 0.6 is 0 Å². The van der Waals surface area contributed by atoms with E-state index >= 15 is 0 Å². The molecule has 3 rings (SSSR count). The summed E-state index contributed by atoms with van der Waals surface area (Å²) in [6, 6.07) is 10.4.